The smallest absolute Gasteiger partial charge is 0.274 e. The number of H-pyrrole nitrogens is 1. The lowest BCUT2D eigenvalue weighted by Gasteiger charge is -2.41. The van der Waals surface area contributed by atoms with Crippen LogP contribution in [-0.2, 0) is 0 Å². The average molecular weight is 511 g/mol. The zero-order valence-electron chi connectivity index (χ0n) is 21.6. The fourth-order valence-corrected chi connectivity index (χ4v) is 4.77. The van der Waals surface area contributed by atoms with Gasteiger partial charge in [-0.3, -0.25) is 9.59 Å². The molecule has 3 aromatic carbocycles. The van der Waals surface area contributed by atoms with Gasteiger partial charge in [-0.25, -0.2) is 4.98 Å². The number of aliphatic hydroxyl groups is 1. The Bertz CT molecular complexity index is 1580. The third-order valence-electron chi connectivity index (χ3n) is 6.88. The largest absolute Gasteiger partial charge is 0.507 e. The van der Waals surface area contributed by atoms with Gasteiger partial charge in [0.25, 0.3) is 11.5 Å². The summed E-state index contributed by atoms with van der Waals surface area (Å²) in [6, 6.07) is 20.6. The molecule has 1 aliphatic rings. The highest BCUT2D eigenvalue weighted by Crippen LogP contribution is 2.23. The molecule has 0 spiro atoms. The number of benzene rings is 3. The second kappa shape index (κ2) is 10.4. The van der Waals surface area contributed by atoms with Crippen LogP contribution in [0.1, 0.15) is 34.1 Å². The van der Waals surface area contributed by atoms with Crippen molar-refractivity contribution in [3.05, 3.63) is 99.5 Å². The molecule has 8 heteroatoms. The van der Waals surface area contributed by atoms with Gasteiger partial charge in [0.05, 0.1) is 18.1 Å². The molecule has 1 aromatic heterocycles. The maximum Gasteiger partial charge on any atom is 0.274 e. The molecule has 38 heavy (non-hydrogen) atoms. The van der Waals surface area contributed by atoms with E-state index in [1.165, 1.54) is 11.6 Å². The summed E-state index contributed by atoms with van der Waals surface area (Å²) in [4.78, 5) is 37.5. The normalized spacial score (nSPS) is 16.1. The Kier molecular flexibility index (Phi) is 6.87. The maximum atomic E-state index is 13.3. The molecule has 194 valence electrons. The molecule has 1 amide bonds. The van der Waals surface area contributed by atoms with Gasteiger partial charge in [0, 0.05) is 48.6 Å². The fraction of sp³-hybridized carbons (Fsp3) is 0.233. The number of methoxy groups -OCH3 is 1. The molecule has 0 saturated carbocycles. The number of nitrogens with zero attached hydrogens (tertiary/aromatic N) is 3. The summed E-state index contributed by atoms with van der Waals surface area (Å²) in [6.45, 7) is 6.15. The van der Waals surface area contributed by atoms with Crippen molar-refractivity contribution in [1.29, 1.82) is 0 Å². The molecular formula is C30H30N4O4. The van der Waals surface area contributed by atoms with Crippen LogP contribution in [0, 0.1) is 6.92 Å². The van der Waals surface area contributed by atoms with Crippen molar-refractivity contribution >= 4 is 34.5 Å². The highest BCUT2D eigenvalue weighted by molar-refractivity contribution is 5.97. The number of fused-ring (bicyclic) bond motifs is 1. The molecule has 0 aliphatic carbocycles. The van der Waals surface area contributed by atoms with Crippen LogP contribution >= 0.6 is 0 Å². The SMILES string of the molecule is COc1cccc(C(O)=Cc2nc3ccc(C(=O)N4CCN(c5ccc(C)cc5)[C@H](C)C4)cc3[nH]c2=O)c1. The number of aliphatic hydroxyl groups excluding tert-OH is 1. The Morgan fingerprint density at radius 3 is 2.61 bits per heavy atom. The molecule has 0 unspecified atom stereocenters. The third-order valence-corrected chi connectivity index (χ3v) is 6.88. The first kappa shape index (κ1) is 25.1. The van der Waals surface area contributed by atoms with E-state index in [1.54, 1.807) is 49.6 Å². The summed E-state index contributed by atoms with van der Waals surface area (Å²) >= 11 is 0. The van der Waals surface area contributed by atoms with Gasteiger partial charge in [0.1, 0.15) is 17.2 Å². The summed E-state index contributed by atoms with van der Waals surface area (Å²) in [7, 11) is 1.54. The zero-order valence-corrected chi connectivity index (χ0v) is 21.6. The highest BCUT2D eigenvalue weighted by atomic mass is 16.5. The van der Waals surface area contributed by atoms with Crippen molar-refractivity contribution in [3.8, 4) is 5.75 Å². The van der Waals surface area contributed by atoms with Gasteiger partial charge in [0.2, 0.25) is 0 Å². The van der Waals surface area contributed by atoms with Crippen LogP contribution in [0.25, 0.3) is 22.9 Å². The molecule has 5 rings (SSSR count). The number of aryl methyl sites for hydroxylation is 1. The highest BCUT2D eigenvalue weighted by Gasteiger charge is 2.27. The van der Waals surface area contributed by atoms with Crippen molar-refractivity contribution in [3.63, 3.8) is 0 Å². The molecule has 2 heterocycles. The van der Waals surface area contributed by atoms with Crippen LogP contribution in [0.5, 0.6) is 5.75 Å². The number of hydrogen-bond donors (Lipinski definition) is 2. The minimum absolute atomic E-state index is 0.0675. The van der Waals surface area contributed by atoms with E-state index in [2.05, 4.69) is 53.0 Å². The van der Waals surface area contributed by atoms with Crippen LogP contribution in [0.2, 0.25) is 0 Å². The number of amides is 1. The average Bonchev–Trinajstić information content (AvgIpc) is 2.93. The van der Waals surface area contributed by atoms with E-state index in [0.29, 0.717) is 41.0 Å². The van der Waals surface area contributed by atoms with E-state index in [-0.39, 0.29) is 23.4 Å². The molecule has 2 N–H and O–H groups in total. The molecular weight excluding hydrogens is 480 g/mol. The monoisotopic (exact) mass is 510 g/mol. The maximum absolute atomic E-state index is 13.3. The van der Waals surface area contributed by atoms with E-state index in [4.69, 9.17) is 4.74 Å². The molecule has 1 aliphatic heterocycles. The fourth-order valence-electron chi connectivity index (χ4n) is 4.77. The number of rotatable bonds is 5. The van der Waals surface area contributed by atoms with Gasteiger partial charge >= 0.3 is 0 Å². The predicted molar refractivity (Wildman–Crippen MR) is 150 cm³/mol. The number of carbonyl (C=O) groups is 1. The number of aromatic nitrogens is 2. The number of nitrogens with one attached hydrogen (secondary N) is 1. The number of carbonyl (C=O) groups excluding carboxylic acids is 1. The number of anilines is 1. The van der Waals surface area contributed by atoms with Crippen LogP contribution in [-0.4, -0.2) is 58.7 Å². The predicted octanol–water partition coefficient (Wildman–Crippen LogP) is 4.65. The summed E-state index contributed by atoms with van der Waals surface area (Å²) in [6.07, 6.45) is 1.32. The van der Waals surface area contributed by atoms with Gasteiger partial charge in [-0.15, -0.1) is 0 Å². The third kappa shape index (κ3) is 5.11. The van der Waals surface area contributed by atoms with E-state index < -0.39 is 5.56 Å². The van der Waals surface area contributed by atoms with Gasteiger partial charge in [-0.2, -0.15) is 0 Å². The van der Waals surface area contributed by atoms with Crippen LogP contribution in [0.3, 0.4) is 0 Å². The molecule has 0 radical (unpaired) electrons. The van der Waals surface area contributed by atoms with Crippen LogP contribution in [0.4, 0.5) is 5.69 Å². The summed E-state index contributed by atoms with van der Waals surface area (Å²) in [5, 5.41) is 10.5. The Balaban J connectivity index is 1.34. The van der Waals surface area contributed by atoms with E-state index in [9.17, 15) is 14.7 Å². The Morgan fingerprint density at radius 1 is 1.08 bits per heavy atom. The minimum Gasteiger partial charge on any atom is -0.507 e. The van der Waals surface area contributed by atoms with Gasteiger partial charge < -0.3 is 24.6 Å². The lowest BCUT2D eigenvalue weighted by molar-refractivity contribution is 0.0726. The number of aromatic amines is 1. The van der Waals surface area contributed by atoms with Gasteiger partial charge in [0.15, 0.2) is 0 Å². The van der Waals surface area contributed by atoms with E-state index >= 15 is 0 Å². The summed E-state index contributed by atoms with van der Waals surface area (Å²) < 4.78 is 5.19. The summed E-state index contributed by atoms with van der Waals surface area (Å²) in [5.41, 5.74) is 3.96. The molecule has 0 bridgehead atoms. The molecule has 8 nitrogen and oxygen atoms in total. The first-order valence-corrected chi connectivity index (χ1v) is 12.5. The second-order valence-electron chi connectivity index (χ2n) is 9.57. The van der Waals surface area contributed by atoms with E-state index in [0.717, 1.165) is 12.2 Å². The summed E-state index contributed by atoms with van der Waals surface area (Å²) in [5.74, 6) is 0.403. The van der Waals surface area contributed by atoms with Gasteiger partial charge in [-0.05, 0) is 56.3 Å². The lowest BCUT2D eigenvalue weighted by atomic mass is 10.1. The molecule has 4 aromatic rings. The topological polar surface area (TPSA) is 98.8 Å². The lowest BCUT2D eigenvalue weighted by Crippen LogP contribution is -2.53. The molecule has 1 fully saturated rings. The van der Waals surface area contributed by atoms with Crippen LogP contribution < -0.4 is 15.2 Å². The molecule has 1 saturated heterocycles. The van der Waals surface area contributed by atoms with Crippen molar-refractivity contribution < 1.29 is 14.6 Å². The molecule has 1 atom stereocenters. The van der Waals surface area contributed by atoms with Gasteiger partial charge in [-0.1, -0.05) is 29.8 Å². The zero-order chi connectivity index (χ0) is 26.8. The first-order chi connectivity index (χ1) is 18.3. The van der Waals surface area contributed by atoms with Crippen LogP contribution in [0.15, 0.2) is 71.5 Å². The second-order valence-corrected chi connectivity index (χ2v) is 9.57. The number of ether oxygens (including phenoxy) is 1. The Morgan fingerprint density at radius 2 is 1.87 bits per heavy atom. The van der Waals surface area contributed by atoms with Crippen molar-refractivity contribution in [2.24, 2.45) is 0 Å². The Hall–Kier alpha value is -4.59. The number of hydrogen-bond acceptors (Lipinski definition) is 6. The van der Waals surface area contributed by atoms with Crippen molar-refractivity contribution in [2.45, 2.75) is 19.9 Å². The standard InChI is InChI=1S/C30H30N4O4/c1-19-7-10-23(11-8-19)34-14-13-33(18-20(34)2)30(37)22-9-12-25-26(16-22)32-29(36)27(31-25)17-28(35)21-5-4-6-24(15-21)38-3/h4-12,15-17,20,35H,13-14,18H2,1-3H3,(H,32,36)/t20-/m1/s1. The van der Waals surface area contributed by atoms with Crippen molar-refractivity contribution in [1.82, 2.24) is 14.9 Å². The quantitative estimate of drug-likeness (QED) is 0.380. The van der Waals surface area contributed by atoms with Crippen molar-refractivity contribution in [2.75, 3.05) is 31.6 Å². The van der Waals surface area contributed by atoms with E-state index in [1.807, 2.05) is 4.90 Å². The Labute approximate surface area is 220 Å². The first-order valence-electron chi connectivity index (χ1n) is 12.5. The minimum atomic E-state index is -0.461. The number of piperazine rings is 1.